The Morgan fingerprint density at radius 1 is 1.56 bits per heavy atom. The molecule has 18 heavy (non-hydrogen) atoms. The SMILES string of the molecule is CCc1noc(CN2CCc3sccc3[C@@H]2C)n1. The number of nitrogens with zero attached hydrogens (tertiary/aromatic N) is 3. The van der Waals surface area contributed by atoms with E-state index in [4.69, 9.17) is 4.52 Å². The van der Waals surface area contributed by atoms with Crippen LogP contribution in [-0.2, 0) is 19.4 Å². The lowest BCUT2D eigenvalue weighted by Crippen LogP contribution is -2.32. The van der Waals surface area contributed by atoms with Crippen LogP contribution in [0.2, 0.25) is 0 Å². The van der Waals surface area contributed by atoms with E-state index in [9.17, 15) is 0 Å². The number of aryl methyl sites for hydroxylation is 1. The van der Waals surface area contributed by atoms with Gasteiger partial charge in [0.05, 0.1) is 6.54 Å². The lowest BCUT2D eigenvalue weighted by molar-refractivity contribution is 0.167. The first-order valence-electron chi connectivity index (χ1n) is 6.39. The highest BCUT2D eigenvalue weighted by Gasteiger charge is 2.25. The molecule has 0 radical (unpaired) electrons. The van der Waals surface area contributed by atoms with Gasteiger partial charge in [-0.15, -0.1) is 11.3 Å². The van der Waals surface area contributed by atoms with E-state index in [1.165, 1.54) is 10.4 Å². The molecule has 5 heteroatoms. The fraction of sp³-hybridized carbons (Fsp3) is 0.538. The Morgan fingerprint density at radius 3 is 3.22 bits per heavy atom. The van der Waals surface area contributed by atoms with Crippen LogP contribution in [0, 0.1) is 0 Å². The van der Waals surface area contributed by atoms with Crippen LogP contribution in [0.1, 0.15) is 42.0 Å². The molecule has 1 aliphatic heterocycles. The van der Waals surface area contributed by atoms with E-state index in [1.807, 2.05) is 18.3 Å². The molecule has 0 unspecified atom stereocenters. The summed E-state index contributed by atoms with van der Waals surface area (Å²) in [7, 11) is 0. The van der Waals surface area contributed by atoms with Crippen molar-refractivity contribution in [2.45, 2.75) is 39.3 Å². The van der Waals surface area contributed by atoms with Crippen LogP contribution in [0.4, 0.5) is 0 Å². The zero-order valence-electron chi connectivity index (χ0n) is 10.7. The molecule has 0 spiro atoms. The summed E-state index contributed by atoms with van der Waals surface area (Å²) in [4.78, 5) is 8.32. The smallest absolute Gasteiger partial charge is 0.240 e. The summed E-state index contributed by atoms with van der Waals surface area (Å²) >= 11 is 1.87. The molecule has 1 atom stereocenters. The molecule has 0 N–H and O–H groups in total. The number of hydrogen-bond donors (Lipinski definition) is 0. The van der Waals surface area contributed by atoms with Gasteiger partial charge >= 0.3 is 0 Å². The van der Waals surface area contributed by atoms with Crippen LogP contribution in [-0.4, -0.2) is 21.6 Å². The molecular weight excluding hydrogens is 246 g/mol. The second-order valence-electron chi connectivity index (χ2n) is 4.65. The maximum absolute atomic E-state index is 5.28. The van der Waals surface area contributed by atoms with Crippen molar-refractivity contribution >= 4 is 11.3 Å². The second kappa shape index (κ2) is 4.82. The van der Waals surface area contributed by atoms with E-state index in [0.717, 1.165) is 37.6 Å². The third-order valence-corrected chi connectivity index (χ3v) is 4.57. The van der Waals surface area contributed by atoms with Crippen LogP contribution in [0.3, 0.4) is 0 Å². The van der Waals surface area contributed by atoms with Gasteiger partial charge in [-0.2, -0.15) is 4.98 Å². The lowest BCUT2D eigenvalue weighted by atomic mass is 10.0. The average molecular weight is 263 g/mol. The van der Waals surface area contributed by atoms with Crippen molar-refractivity contribution < 1.29 is 4.52 Å². The third kappa shape index (κ3) is 2.08. The van der Waals surface area contributed by atoms with Crippen molar-refractivity contribution in [1.82, 2.24) is 15.0 Å². The van der Waals surface area contributed by atoms with Gasteiger partial charge in [0.1, 0.15) is 0 Å². The molecule has 0 aromatic carbocycles. The fourth-order valence-electron chi connectivity index (χ4n) is 2.45. The molecule has 0 aliphatic carbocycles. The number of aromatic nitrogens is 2. The number of rotatable bonds is 3. The summed E-state index contributed by atoms with van der Waals surface area (Å²) in [5, 5.41) is 6.14. The Labute approximate surface area is 111 Å². The first kappa shape index (κ1) is 11.9. The van der Waals surface area contributed by atoms with Crippen LogP contribution in [0.25, 0.3) is 0 Å². The van der Waals surface area contributed by atoms with E-state index < -0.39 is 0 Å². The molecule has 3 heterocycles. The maximum atomic E-state index is 5.28. The molecule has 4 nitrogen and oxygen atoms in total. The maximum Gasteiger partial charge on any atom is 0.240 e. The molecule has 0 saturated carbocycles. The van der Waals surface area contributed by atoms with Gasteiger partial charge < -0.3 is 4.52 Å². The normalized spacial score (nSPS) is 20.0. The van der Waals surface area contributed by atoms with Crippen molar-refractivity contribution in [3.05, 3.63) is 33.6 Å². The summed E-state index contributed by atoms with van der Waals surface area (Å²) in [5.74, 6) is 1.53. The van der Waals surface area contributed by atoms with E-state index in [-0.39, 0.29) is 0 Å². The van der Waals surface area contributed by atoms with Crippen LogP contribution < -0.4 is 0 Å². The van der Waals surface area contributed by atoms with Gasteiger partial charge in [-0.3, -0.25) is 4.90 Å². The molecule has 2 aromatic rings. The Bertz CT molecular complexity index is 534. The fourth-order valence-corrected chi connectivity index (χ4v) is 3.41. The minimum absolute atomic E-state index is 0.442. The quantitative estimate of drug-likeness (QED) is 0.854. The average Bonchev–Trinajstić information content (AvgIpc) is 3.01. The van der Waals surface area contributed by atoms with Gasteiger partial charge in [0, 0.05) is 23.9 Å². The Kier molecular flexibility index (Phi) is 3.18. The van der Waals surface area contributed by atoms with Crippen molar-refractivity contribution in [3.8, 4) is 0 Å². The summed E-state index contributed by atoms with van der Waals surface area (Å²) in [6.45, 7) is 6.11. The van der Waals surface area contributed by atoms with Crippen molar-refractivity contribution in [2.24, 2.45) is 0 Å². The summed E-state index contributed by atoms with van der Waals surface area (Å²) in [6.07, 6.45) is 1.96. The Morgan fingerprint density at radius 2 is 2.44 bits per heavy atom. The third-order valence-electron chi connectivity index (χ3n) is 3.57. The second-order valence-corrected chi connectivity index (χ2v) is 5.65. The highest BCUT2D eigenvalue weighted by Crippen LogP contribution is 2.33. The van der Waals surface area contributed by atoms with Crippen LogP contribution in [0.5, 0.6) is 0 Å². The lowest BCUT2D eigenvalue weighted by Gasteiger charge is -2.32. The highest BCUT2D eigenvalue weighted by atomic mass is 32.1. The first-order valence-corrected chi connectivity index (χ1v) is 7.27. The largest absolute Gasteiger partial charge is 0.338 e. The zero-order chi connectivity index (χ0) is 12.5. The monoisotopic (exact) mass is 263 g/mol. The number of fused-ring (bicyclic) bond motifs is 1. The zero-order valence-corrected chi connectivity index (χ0v) is 11.5. The minimum Gasteiger partial charge on any atom is -0.338 e. The van der Waals surface area contributed by atoms with E-state index in [0.29, 0.717) is 6.04 Å². The number of thiophene rings is 1. The molecular formula is C13H17N3OS. The molecule has 2 aromatic heterocycles. The Hall–Kier alpha value is -1.20. The van der Waals surface area contributed by atoms with Crippen LogP contribution >= 0.6 is 11.3 Å². The molecule has 0 fully saturated rings. The topological polar surface area (TPSA) is 42.2 Å². The van der Waals surface area contributed by atoms with Crippen LogP contribution in [0.15, 0.2) is 16.0 Å². The summed E-state index contributed by atoms with van der Waals surface area (Å²) in [6, 6.07) is 2.68. The molecule has 3 rings (SSSR count). The predicted molar refractivity (Wildman–Crippen MR) is 70.5 cm³/mol. The molecule has 0 bridgehead atoms. The standard InChI is InChI=1S/C13H17N3OS/c1-3-12-14-13(17-15-12)8-16-6-4-11-10(9(16)2)5-7-18-11/h5,7,9H,3-4,6,8H2,1-2H3/t9-/m0/s1. The molecule has 0 amide bonds. The van der Waals surface area contributed by atoms with Gasteiger partial charge in [-0.05, 0) is 30.4 Å². The minimum atomic E-state index is 0.442. The van der Waals surface area contributed by atoms with Crippen molar-refractivity contribution in [2.75, 3.05) is 6.54 Å². The van der Waals surface area contributed by atoms with Gasteiger partial charge in [-0.1, -0.05) is 12.1 Å². The van der Waals surface area contributed by atoms with Gasteiger partial charge in [0.25, 0.3) is 0 Å². The van der Waals surface area contributed by atoms with Gasteiger partial charge in [-0.25, -0.2) is 0 Å². The molecule has 0 saturated heterocycles. The molecule has 1 aliphatic rings. The molecule has 96 valence electrons. The predicted octanol–water partition coefficient (Wildman–Crippen LogP) is 2.81. The van der Waals surface area contributed by atoms with Gasteiger partial charge in [0.2, 0.25) is 5.89 Å². The van der Waals surface area contributed by atoms with Crippen molar-refractivity contribution in [3.63, 3.8) is 0 Å². The van der Waals surface area contributed by atoms with E-state index >= 15 is 0 Å². The first-order chi connectivity index (χ1) is 8.78. The van der Waals surface area contributed by atoms with E-state index in [1.54, 1.807) is 0 Å². The summed E-state index contributed by atoms with van der Waals surface area (Å²) < 4.78 is 5.28. The van der Waals surface area contributed by atoms with E-state index in [2.05, 4.69) is 33.4 Å². The highest BCUT2D eigenvalue weighted by molar-refractivity contribution is 7.10. The Balaban J connectivity index is 1.74. The number of hydrogen-bond acceptors (Lipinski definition) is 5. The van der Waals surface area contributed by atoms with Crippen molar-refractivity contribution in [1.29, 1.82) is 0 Å². The van der Waals surface area contributed by atoms with Gasteiger partial charge in [0.15, 0.2) is 5.82 Å². The summed E-state index contributed by atoms with van der Waals surface area (Å²) in [5.41, 5.74) is 1.46.